The molecule has 4 rings (SSSR count). The third-order valence-corrected chi connectivity index (χ3v) is 6.25. The van der Waals surface area contributed by atoms with Gasteiger partial charge in [0.1, 0.15) is 0 Å². The minimum absolute atomic E-state index is 0.112. The summed E-state index contributed by atoms with van der Waals surface area (Å²) in [4.78, 5) is 31.6. The van der Waals surface area contributed by atoms with Crippen LogP contribution < -0.4 is 0 Å². The Morgan fingerprint density at radius 3 is 2.58 bits per heavy atom. The van der Waals surface area contributed by atoms with Gasteiger partial charge in [-0.15, -0.1) is 0 Å². The van der Waals surface area contributed by atoms with Crippen LogP contribution in [-0.2, 0) is 14.3 Å². The van der Waals surface area contributed by atoms with Gasteiger partial charge in [-0.25, -0.2) is 0 Å². The van der Waals surface area contributed by atoms with Crippen molar-refractivity contribution in [3.05, 3.63) is 0 Å². The highest BCUT2D eigenvalue weighted by Gasteiger charge is 2.45. The highest BCUT2D eigenvalue weighted by atomic mass is 16.5. The van der Waals surface area contributed by atoms with Crippen molar-refractivity contribution in [1.82, 2.24) is 14.7 Å². The third kappa shape index (κ3) is 3.06. The SMILES string of the molecule is CC[C@@H]1CN(C(=O)[C@@H]2CC(=O)N(C3CC3)C2)C[C@@H]1N1CCOCC1. The van der Waals surface area contributed by atoms with Gasteiger partial charge in [0.2, 0.25) is 11.8 Å². The average molecular weight is 335 g/mol. The minimum Gasteiger partial charge on any atom is -0.379 e. The van der Waals surface area contributed by atoms with E-state index in [1.54, 1.807) is 0 Å². The fraction of sp³-hybridized carbons (Fsp3) is 0.889. The molecule has 134 valence electrons. The normalized spacial score (nSPS) is 35.0. The fourth-order valence-electron chi connectivity index (χ4n) is 4.65. The van der Waals surface area contributed by atoms with Crippen molar-refractivity contribution in [3.8, 4) is 0 Å². The monoisotopic (exact) mass is 335 g/mol. The second kappa shape index (κ2) is 6.64. The summed E-state index contributed by atoms with van der Waals surface area (Å²) in [6.07, 6.45) is 3.76. The van der Waals surface area contributed by atoms with Gasteiger partial charge in [-0.3, -0.25) is 14.5 Å². The summed E-state index contributed by atoms with van der Waals surface area (Å²) in [6.45, 7) is 8.10. The molecule has 6 nitrogen and oxygen atoms in total. The Labute approximate surface area is 144 Å². The van der Waals surface area contributed by atoms with E-state index in [0.717, 1.165) is 58.7 Å². The van der Waals surface area contributed by atoms with Gasteiger partial charge < -0.3 is 14.5 Å². The zero-order chi connectivity index (χ0) is 16.7. The molecule has 4 fully saturated rings. The van der Waals surface area contributed by atoms with Crippen molar-refractivity contribution >= 4 is 11.8 Å². The van der Waals surface area contributed by atoms with E-state index in [9.17, 15) is 9.59 Å². The van der Waals surface area contributed by atoms with Crippen molar-refractivity contribution in [2.75, 3.05) is 45.9 Å². The van der Waals surface area contributed by atoms with Crippen molar-refractivity contribution in [2.24, 2.45) is 11.8 Å². The molecule has 4 aliphatic rings. The molecule has 3 saturated heterocycles. The first-order chi connectivity index (χ1) is 11.7. The molecule has 1 saturated carbocycles. The Morgan fingerprint density at radius 1 is 1.17 bits per heavy atom. The molecule has 24 heavy (non-hydrogen) atoms. The molecule has 6 heteroatoms. The number of carbonyl (C=O) groups excluding carboxylic acids is 2. The van der Waals surface area contributed by atoms with E-state index >= 15 is 0 Å². The molecule has 0 aromatic heterocycles. The van der Waals surface area contributed by atoms with Crippen molar-refractivity contribution in [2.45, 2.75) is 44.7 Å². The van der Waals surface area contributed by atoms with Crippen molar-refractivity contribution in [3.63, 3.8) is 0 Å². The van der Waals surface area contributed by atoms with E-state index in [2.05, 4.69) is 11.8 Å². The standard InChI is InChI=1S/C18H29N3O3/c1-2-13-10-20(12-16(13)19-5-7-24-8-6-19)18(23)14-9-17(22)21(11-14)15-3-4-15/h13-16H,2-12H2,1H3/t13-,14-,16+/m1/s1. The van der Waals surface area contributed by atoms with Crippen LogP contribution in [0, 0.1) is 11.8 Å². The summed E-state index contributed by atoms with van der Waals surface area (Å²) in [5, 5.41) is 0. The Morgan fingerprint density at radius 2 is 1.92 bits per heavy atom. The lowest BCUT2D eigenvalue weighted by Gasteiger charge is -2.34. The maximum Gasteiger partial charge on any atom is 0.228 e. The first-order valence-corrected chi connectivity index (χ1v) is 9.57. The van der Waals surface area contributed by atoms with Gasteiger partial charge in [0.15, 0.2) is 0 Å². The topological polar surface area (TPSA) is 53.1 Å². The van der Waals surface area contributed by atoms with Crippen molar-refractivity contribution < 1.29 is 14.3 Å². The molecular weight excluding hydrogens is 306 g/mol. The number of nitrogens with zero attached hydrogens (tertiary/aromatic N) is 3. The Balaban J connectivity index is 1.39. The van der Waals surface area contributed by atoms with Crippen LogP contribution in [0.25, 0.3) is 0 Å². The first kappa shape index (κ1) is 16.3. The lowest BCUT2D eigenvalue weighted by Crippen LogP contribution is -2.47. The van der Waals surface area contributed by atoms with Gasteiger partial charge in [-0.1, -0.05) is 13.3 Å². The first-order valence-electron chi connectivity index (χ1n) is 9.57. The predicted octanol–water partition coefficient (Wildman–Crippen LogP) is 0.567. The molecule has 0 aromatic carbocycles. The number of carbonyl (C=O) groups is 2. The van der Waals surface area contributed by atoms with E-state index in [1.165, 1.54) is 0 Å². The maximum atomic E-state index is 13.0. The minimum atomic E-state index is -0.112. The molecule has 0 spiro atoms. The zero-order valence-corrected chi connectivity index (χ0v) is 14.7. The van der Waals surface area contributed by atoms with Crippen LogP contribution in [-0.4, -0.2) is 84.5 Å². The maximum absolute atomic E-state index is 13.0. The molecule has 3 heterocycles. The molecule has 3 aliphatic heterocycles. The number of ether oxygens (including phenoxy) is 1. The van der Waals surface area contributed by atoms with Crippen LogP contribution in [0.5, 0.6) is 0 Å². The van der Waals surface area contributed by atoms with Crippen LogP contribution in [0.4, 0.5) is 0 Å². The van der Waals surface area contributed by atoms with Crippen LogP contribution in [0.2, 0.25) is 0 Å². The molecular formula is C18H29N3O3. The number of hydrogen-bond acceptors (Lipinski definition) is 4. The quantitative estimate of drug-likeness (QED) is 0.754. The largest absolute Gasteiger partial charge is 0.379 e. The lowest BCUT2D eigenvalue weighted by molar-refractivity contribution is -0.135. The highest BCUT2D eigenvalue weighted by Crippen LogP contribution is 2.34. The second-order valence-corrected chi connectivity index (χ2v) is 7.81. The molecule has 0 bridgehead atoms. The Kier molecular flexibility index (Phi) is 4.52. The summed E-state index contributed by atoms with van der Waals surface area (Å²) in [5.74, 6) is 0.829. The highest BCUT2D eigenvalue weighted by molar-refractivity contribution is 5.89. The van der Waals surface area contributed by atoms with Crippen LogP contribution >= 0.6 is 0 Å². The summed E-state index contributed by atoms with van der Waals surface area (Å²) in [6, 6.07) is 0.887. The summed E-state index contributed by atoms with van der Waals surface area (Å²) in [5.41, 5.74) is 0. The van der Waals surface area contributed by atoms with Crippen LogP contribution in [0.15, 0.2) is 0 Å². The van der Waals surface area contributed by atoms with E-state index in [-0.39, 0.29) is 17.7 Å². The van der Waals surface area contributed by atoms with Gasteiger partial charge in [0.05, 0.1) is 19.1 Å². The third-order valence-electron chi connectivity index (χ3n) is 6.25. The molecule has 3 atom stereocenters. The van der Waals surface area contributed by atoms with Crippen LogP contribution in [0.1, 0.15) is 32.6 Å². The van der Waals surface area contributed by atoms with Gasteiger partial charge in [-0.05, 0) is 18.8 Å². The molecule has 0 unspecified atom stereocenters. The zero-order valence-electron chi connectivity index (χ0n) is 14.7. The molecule has 0 N–H and O–H groups in total. The number of amides is 2. The van der Waals surface area contributed by atoms with Crippen molar-refractivity contribution in [1.29, 1.82) is 0 Å². The molecule has 0 radical (unpaired) electrons. The van der Waals surface area contributed by atoms with Gasteiger partial charge >= 0.3 is 0 Å². The van der Waals surface area contributed by atoms with E-state index in [4.69, 9.17) is 4.74 Å². The van der Waals surface area contributed by atoms with Crippen LogP contribution in [0.3, 0.4) is 0 Å². The van der Waals surface area contributed by atoms with Gasteiger partial charge in [0, 0.05) is 51.2 Å². The average Bonchev–Trinajstić information content (AvgIpc) is 3.24. The summed E-state index contributed by atoms with van der Waals surface area (Å²) >= 11 is 0. The summed E-state index contributed by atoms with van der Waals surface area (Å²) in [7, 11) is 0. The van der Waals surface area contributed by atoms with E-state index in [0.29, 0.717) is 31.0 Å². The van der Waals surface area contributed by atoms with Gasteiger partial charge in [0.25, 0.3) is 0 Å². The lowest BCUT2D eigenvalue weighted by atomic mass is 9.99. The number of likely N-dealkylation sites (tertiary alicyclic amines) is 2. The summed E-state index contributed by atoms with van der Waals surface area (Å²) < 4.78 is 5.47. The Bertz CT molecular complexity index is 502. The molecule has 0 aromatic rings. The number of rotatable bonds is 4. The molecule has 1 aliphatic carbocycles. The molecule has 2 amide bonds. The smallest absolute Gasteiger partial charge is 0.228 e. The van der Waals surface area contributed by atoms with E-state index in [1.807, 2.05) is 9.80 Å². The second-order valence-electron chi connectivity index (χ2n) is 7.81. The Hall–Kier alpha value is -1.14. The van der Waals surface area contributed by atoms with Gasteiger partial charge in [-0.2, -0.15) is 0 Å². The number of hydrogen-bond donors (Lipinski definition) is 0. The fourth-order valence-corrected chi connectivity index (χ4v) is 4.65. The number of morpholine rings is 1. The predicted molar refractivity (Wildman–Crippen MR) is 89.4 cm³/mol. The van der Waals surface area contributed by atoms with E-state index < -0.39 is 0 Å².